The highest BCUT2D eigenvalue weighted by Crippen LogP contribution is 2.34. The average Bonchev–Trinajstić information content (AvgIpc) is 3.02. The maximum atomic E-state index is 13.5. The number of rotatable bonds is 11. The van der Waals surface area contributed by atoms with Crippen LogP contribution in [0.3, 0.4) is 0 Å². The van der Waals surface area contributed by atoms with E-state index in [2.05, 4.69) is 0 Å². The number of hydrogen-bond donors (Lipinski definition) is 0. The third-order valence-electron chi connectivity index (χ3n) is 7.23. The zero-order valence-electron chi connectivity index (χ0n) is 24.0. The van der Waals surface area contributed by atoms with Crippen LogP contribution < -0.4 is 19.1 Å². The number of hydrogen-bond acceptors (Lipinski definition) is 9. The molecule has 0 bridgehead atoms. The summed E-state index contributed by atoms with van der Waals surface area (Å²) < 4.78 is 72.3. The normalized spacial score (nSPS) is 14.4. The molecule has 0 amide bonds. The minimum atomic E-state index is -3.87. The highest BCUT2D eigenvalue weighted by molar-refractivity contribution is 7.89. The van der Waals surface area contributed by atoms with Gasteiger partial charge in [0.2, 0.25) is 20.0 Å². The maximum Gasteiger partial charge on any atom is 0.244 e. The fourth-order valence-corrected chi connectivity index (χ4v) is 7.55. The first kappa shape index (κ1) is 31.1. The smallest absolute Gasteiger partial charge is 0.244 e. The van der Waals surface area contributed by atoms with E-state index >= 15 is 0 Å². The van der Waals surface area contributed by atoms with Crippen molar-refractivity contribution < 1.29 is 31.0 Å². The molecule has 3 aromatic rings. The lowest BCUT2D eigenvalue weighted by Crippen LogP contribution is -2.48. The van der Waals surface area contributed by atoms with Gasteiger partial charge in [-0.3, -0.25) is 0 Å². The van der Waals surface area contributed by atoms with Gasteiger partial charge in [0.1, 0.15) is 11.8 Å². The van der Waals surface area contributed by atoms with Crippen molar-refractivity contribution in [1.29, 1.82) is 5.26 Å². The van der Waals surface area contributed by atoms with Crippen LogP contribution in [0, 0.1) is 11.3 Å². The lowest BCUT2D eigenvalue weighted by molar-refractivity contribution is 0.354. The lowest BCUT2D eigenvalue weighted by Gasteiger charge is -2.36. The Morgan fingerprint density at radius 1 is 0.833 bits per heavy atom. The molecule has 0 aliphatic carbocycles. The van der Waals surface area contributed by atoms with E-state index in [0.717, 1.165) is 5.56 Å². The second-order valence-electron chi connectivity index (χ2n) is 9.60. The van der Waals surface area contributed by atoms with Crippen LogP contribution in [0.15, 0.2) is 70.5 Å². The summed E-state index contributed by atoms with van der Waals surface area (Å²) in [6.07, 6.45) is 0.463. The van der Waals surface area contributed by atoms with Crippen molar-refractivity contribution in [2.45, 2.75) is 16.2 Å². The van der Waals surface area contributed by atoms with E-state index in [0.29, 0.717) is 42.4 Å². The summed E-state index contributed by atoms with van der Waals surface area (Å²) in [5.74, 6) is 1.65. The van der Waals surface area contributed by atoms with E-state index < -0.39 is 20.0 Å². The highest BCUT2D eigenvalue weighted by atomic mass is 32.2. The molecular weight excluding hydrogens is 580 g/mol. The van der Waals surface area contributed by atoms with Crippen molar-refractivity contribution in [3.05, 3.63) is 71.8 Å². The minimum absolute atomic E-state index is 0.0252. The largest absolute Gasteiger partial charge is 0.495 e. The molecule has 11 nitrogen and oxygen atoms in total. The Labute approximate surface area is 247 Å². The molecule has 1 aliphatic rings. The predicted molar refractivity (Wildman–Crippen MR) is 158 cm³/mol. The summed E-state index contributed by atoms with van der Waals surface area (Å²) >= 11 is 0. The maximum absolute atomic E-state index is 13.5. The Morgan fingerprint density at radius 2 is 1.48 bits per heavy atom. The first-order valence-corrected chi connectivity index (χ1v) is 16.0. The van der Waals surface area contributed by atoms with Gasteiger partial charge in [0, 0.05) is 39.8 Å². The Morgan fingerprint density at radius 3 is 2.12 bits per heavy atom. The minimum Gasteiger partial charge on any atom is -0.495 e. The molecule has 1 fully saturated rings. The predicted octanol–water partition coefficient (Wildman–Crippen LogP) is 2.96. The van der Waals surface area contributed by atoms with Crippen molar-refractivity contribution in [2.75, 3.05) is 66.0 Å². The summed E-state index contributed by atoms with van der Waals surface area (Å²) in [5.41, 5.74) is 1.55. The topological polar surface area (TPSA) is 129 Å². The molecule has 13 heteroatoms. The quantitative estimate of drug-likeness (QED) is 0.320. The molecule has 0 spiro atoms. The fraction of sp³-hybridized carbons (Fsp3) is 0.345. The van der Waals surface area contributed by atoms with Gasteiger partial charge in [0.15, 0.2) is 11.5 Å². The van der Waals surface area contributed by atoms with Crippen molar-refractivity contribution in [1.82, 2.24) is 8.61 Å². The van der Waals surface area contributed by atoms with Gasteiger partial charge in [-0.2, -0.15) is 9.57 Å². The van der Waals surface area contributed by atoms with E-state index in [9.17, 15) is 22.1 Å². The molecule has 0 N–H and O–H groups in total. The Kier molecular flexibility index (Phi) is 9.63. The molecule has 0 unspecified atom stereocenters. The number of sulfonamides is 2. The molecule has 4 rings (SSSR count). The fourth-order valence-electron chi connectivity index (χ4n) is 4.79. The van der Waals surface area contributed by atoms with Crippen LogP contribution in [0.25, 0.3) is 0 Å². The standard InChI is InChI=1S/C29H34N4O7S2/c1-31(14-13-22-9-11-27(39-3)28(19-22)40-4)41(34,35)24-10-12-26(38-2)25(20-24)32-15-17-33(18-16-32)42(36,37)29-8-6-5-7-23(29)21-30/h5-12,19-20H,13-18H2,1-4H3. The molecule has 1 aliphatic heterocycles. The van der Waals surface area contributed by atoms with Gasteiger partial charge in [-0.15, -0.1) is 0 Å². The summed E-state index contributed by atoms with van der Waals surface area (Å²) in [5, 5.41) is 9.37. The van der Waals surface area contributed by atoms with Crippen LogP contribution in [0.2, 0.25) is 0 Å². The molecule has 1 saturated heterocycles. The SMILES string of the molecule is COc1ccc(CCN(C)S(=O)(=O)c2ccc(OC)c(N3CCN(S(=O)(=O)c4ccccc4C#N)CC3)c2)cc1OC. The molecule has 42 heavy (non-hydrogen) atoms. The number of piperazine rings is 1. The third kappa shape index (κ3) is 6.32. The van der Waals surface area contributed by atoms with Gasteiger partial charge >= 0.3 is 0 Å². The number of nitriles is 1. The molecular formula is C29H34N4O7S2. The van der Waals surface area contributed by atoms with Crippen LogP contribution in [0.5, 0.6) is 17.2 Å². The Balaban J connectivity index is 1.50. The van der Waals surface area contributed by atoms with Crippen LogP contribution in [0.4, 0.5) is 5.69 Å². The van der Waals surface area contributed by atoms with Gasteiger partial charge < -0.3 is 19.1 Å². The number of likely N-dealkylation sites (N-methyl/N-ethyl adjacent to an activating group) is 1. The van der Waals surface area contributed by atoms with Gasteiger partial charge in [0.05, 0.1) is 42.4 Å². The van der Waals surface area contributed by atoms with Crippen LogP contribution in [-0.2, 0) is 26.5 Å². The zero-order chi connectivity index (χ0) is 30.5. The molecule has 0 aromatic heterocycles. The Bertz CT molecular complexity index is 1680. The van der Waals surface area contributed by atoms with Crippen molar-refractivity contribution in [3.8, 4) is 23.3 Å². The molecule has 0 radical (unpaired) electrons. The number of benzene rings is 3. The lowest BCUT2D eigenvalue weighted by atomic mass is 10.1. The highest BCUT2D eigenvalue weighted by Gasteiger charge is 2.32. The summed E-state index contributed by atoms with van der Waals surface area (Å²) in [7, 11) is -1.58. The molecule has 0 atom stereocenters. The molecule has 1 heterocycles. The second kappa shape index (κ2) is 13.0. The van der Waals surface area contributed by atoms with Crippen molar-refractivity contribution in [3.63, 3.8) is 0 Å². The first-order chi connectivity index (χ1) is 20.1. The van der Waals surface area contributed by atoms with Crippen LogP contribution in [-0.4, -0.2) is 86.5 Å². The van der Waals surface area contributed by atoms with Gasteiger partial charge in [-0.1, -0.05) is 18.2 Å². The van der Waals surface area contributed by atoms with E-state index in [1.165, 1.54) is 41.0 Å². The summed E-state index contributed by atoms with van der Waals surface area (Å²) in [4.78, 5) is 1.98. The summed E-state index contributed by atoms with van der Waals surface area (Å²) in [6, 6.07) is 18.2. The van der Waals surface area contributed by atoms with E-state index in [-0.39, 0.29) is 35.0 Å². The van der Waals surface area contributed by atoms with Crippen molar-refractivity contribution in [2.24, 2.45) is 0 Å². The van der Waals surface area contributed by atoms with Gasteiger partial charge in [0.25, 0.3) is 0 Å². The van der Waals surface area contributed by atoms with Gasteiger partial charge in [-0.05, 0) is 54.4 Å². The zero-order valence-corrected chi connectivity index (χ0v) is 25.6. The van der Waals surface area contributed by atoms with E-state index in [1.54, 1.807) is 44.6 Å². The van der Waals surface area contributed by atoms with Crippen LogP contribution in [0.1, 0.15) is 11.1 Å². The molecule has 3 aromatic carbocycles. The number of nitrogens with zero attached hydrogens (tertiary/aromatic N) is 4. The second-order valence-corrected chi connectivity index (χ2v) is 13.5. The molecule has 224 valence electrons. The van der Waals surface area contributed by atoms with Crippen LogP contribution >= 0.6 is 0 Å². The number of anilines is 1. The number of ether oxygens (including phenoxy) is 3. The monoisotopic (exact) mass is 614 g/mol. The van der Waals surface area contributed by atoms with Gasteiger partial charge in [-0.25, -0.2) is 21.1 Å². The van der Waals surface area contributed by atoms with E-state index in [1.807, 2.05) is 23.1 Å². The number of methoxy groups -OCH3 is 3. The average molecular weight is 615 g/mol. The first-order valence-electron chi connectivity index (χ1n) is 13.2. The summed E-state index contributed by atoms with van der Waals surface area (Å²) in [6.45, 7) is 1.17. The van der Waals surface area contributed by atoms with E-state index in [4.69, 9.17) is 14.2 Å². The van der Waals surface area contributed by atoms with Crippen molar-refractivity contribution >= 4 is 25.7 Å². The Hall–Kier alpha value is -3.83. The molecule has 0 saturated carbocycles. The third-order valence-corrected chi connectivity index (χ3v) is 11.0.